The monoisotopic (exact) mass is 287 g/mol. The van der Waals surface area contributed by atoms with Crippen LogP contribution in [-0.2, 0) is 4.74 Å². The Balaban J connectivity index is 2.47. The second-order valence-electron chi connectivity index (χ2n) is 4.47. The molecule has 0 aliphatic heterocycles. The molecule has 21 heavy (non-hydrogen) atoms. The zero-order valence-electron chi connectivity index (χ0n) is 11.8. The summed E-state index contributed by atoms with van der Waals surface area (Å²) in [6.45, 7) is 2.00. The van der Waals surface area contributed by atoms with Crippen LogP contribution in [-0.4, -0.2) is 29.3 Å². The van der Waals surface area contributed by atoms with Gasteiger partial charge in [-0.05, 0) is 31.0 Å². The fourth-order valence-corrected chi connectivity index (χ4v) is 1.99. The minimum Gasteiger partial charge on any atom is -0.462 e. The number of aliphatic hydroxyl groups excluding tert-OH is 1. The molecule has 2 aromatic rings. The minimum atomic E-state index is -0.623. The Morgan fingerprint density at radius 1 is 1.43 bits per heavy atom. The number of carbonyl (C=O) groups is 1. The van der Waals surface area contributed by atoms with Gasteiger partial charge in [0.05, 0.1) is 6.61 Å². The van der Waals surface area contributed by atoms with Gasteiger partial charge in [-0.2, -0.15) is 0 Å². The first kappa shape index (κ1) is 15.0. The molecule has 0 amide bonds. The van der Waals surface area contributed by atoms with Gasteiger partial charge in [-0.3, -0.25) is 4.79 Å². The highest BCUT2D eigenvalue weighted by molar-refractivity contribution is 5.93. The fraction of sp³-hybridized carbons (Fsp3) is 0.250. The van der Waals surface area contributed by atoms with Crippen LogP contribution >= 0.6 is 0 Å². The largest absolute Gasteiger partial charge is 0.462 e. The van der Waals surface area contributed by atoms with Crippen molar-refractivity contribution in [3.05, 3.63) is 51.8 Å². The minimum absolute atomic E-state index is 0.000776. The van der Waals surface area contributed by atoms with Crippen LogP contribution in [0.25, 0.3) is 17.0 Å². The third-order valence-corrected chi connectivity index (χ3v) is 3.01. The van der Waals surface area contributed by atoms with Crippen LogP contribution in [0, 0.1) is 0 Å². The van der Waals surface area contributed by atoms with Crippen molar-refractivity contribution in [3.63, 3.8) is 0 Å². The van der Waals surface area contributed by atoms with Gasteiger partial charge in [-0.25, -0.2) is 4.79 Å². The van der Waals surface area contributed by atoms with Crippen LogP contribution < -0.4 is 5.43 Å². The van der Waals surface area contributed by atoms with Gasteiger partial charge in [0.2, 0.25) is 5.43 Å². The summed E-state index contributed by atoms with van der Waals surface area (Å²) in [5, 5.41) is 9.19. The summed E-state index contributed by atoms with van der Waals surface area (Å²) in [7, 11) is 0. The lowest BCUT2D eigenvalue weighted by atomic mass is 10.1. The lowest BCUT2D eigenvalue weighted by molar-refractivity contribution is 0.0524. The van der Waals surface area contributed by atoms with Crippen LogP contribution in [0.3, 0.4) is 0 Å². The third kappa shape index (κ3) is 3.38. The number of hydrogen-bond acceptors (Lipinski definition) is 4. The maximum atomic E-state index is 12.3. The number of H-pyrrole nitrogens is 1. The van der Waals surface area contributed by atoms with E-state index in [9.17, 15) is 9.59 Å². The number of pyridine rings is 1. The molecule has 0 radical (unpaired) electrons. The van der Waals surface area contributed by atoms with E-state index in [1.165, 1.54) is 6.20 Å². The summed E-state index contributed by atoms with van der Waals surface area (Å²) < 4.78 is 4.87. The molecule has 0 fully saturated rings. The van der Waals surface area contributed by atoms with Gasteiger partial charge in [-0.15, -0.1) is 0 Å². The quantitative estimate of drug-likeness (QED) is 0.825. The molecule has 0 saturated carbocycles. The number of fused-ring (bicyclic) bond motifs is 1. The van der Waals surface area contributed by atoms with Crippen molar-refractivity contribution in [2.75, 3.05) is 13.2 Å². The molecule has 0 atom stereocenters. The molecule has 110 valence electrons. The number of ether oxygens (including phenoxy) is 1. The first-order valence-electron chi connectivity index (χ1n) is 6.77. The first-order chi connectivity index (χ1) is 10.2. The number of hydrogen-bond donors (Lipinski definition) is 2. The van der Waals surface area contributed by atoms with Gasteiger partial charge >= 0.3 is 5.97 Å². The highest BCUT2D eigenvalue weighted by Gasteiger charge is 2.13. The zero-order valence-corrected chi connectivity index (χ0v) is 11.8. The van der Waals surface area contributed by atoms with Crippen molar-refractivity contribution in [1.29, 1.82) is 0 Å². The number of benzene rings is 1. The van der Waals surface area contributed by atoms with Gasteiger partial charge in [0.25, 0.3) is 0 Å². The standard InChI is InChI=1S/C16H17NO4/c1-2-21-16(20)13-10-17-14-7-6-11(5-3-4-8-18)9-12(14)15(13)19/h3,5-7,9-10,18H,2,4,8H2,1H3,(H,17,19). The van der Waals surface area contributed by atoms with Gasteiger partial charge in [0, 0.05) is 23.7 Å². The lowest BCUT2D eigenvalue weighted by Crippen LogP contribution is -2.18. The van der Waals surface area contributed by atoms with Crippen molar-refractivity contribution in [2.45, 2.75) is 13.3 Å². The third-order valence-electron chi connectivity index (χ3n) is 3.01. The summed E-state index contributed by atoms with van der Waals surface area (Å²) in [5.41, 5.74) is 1.15. The number of rotatable bonds is 5. The van der Waals surface area contributed by atoms with E-state index in [-0.39, 0.29) is 24.2 Å². The van der Waals surface area contributed by atoms with Crippen molar-refractivity contribution in [1.82, 2.24) is 4.98 Å². The van der Waals surface area contributed by atoms with Crippen molar-refractivity contribution in [2.24, 2.45) is 0 Å². The average Bonchev–Trinajstić information content (AvgIpc) is 2.48. The van der Waals surface area contributed by atoms with E-state index < -0.39 is 5.97 Å². The molecule has 0 saturated heterocycles. The Kier molecular flexibility index (Phi) is 4.90. The molecular weight excluding hydrogens is 270 g/mol. The number of carbonyl (C=O) groups excluding carboxylic acids is 1. The van der Waals surface area contributed by atoms with Gasteiger partial charge in [-0.1, -0.05) is 18.2 Å². The van der Waals surface area contributed by atoms with Crippen molar-refractivity contribution < 1.29 is 14.6 Å². The number of aliphatic hydroxyl groups is 1. The topological polar surface area (TPSA) is 79.4 Å². The van der Waals surface area contributed by atoms with Crippen molar-refractivity contribution in [3.8, 4) is 0 Å². The Bertz CT molecular complexity index is 731. The summed E-state index contributed by atoms with van der Waals surface area (Å²) in [6, 6.07) is 5.35. The Hall–Kier alpha value is -2.40. The van der Waals surface area contributed by atoms with Gasteiger partial charge in [0.1, 0.15) is 5.56 Å². The van der Waals surface area contributed by atoms with E-state index in [4.69, 9.17) is 9.84 Å². The van der Waals surface area contributed by atoms with Crippen LogP contribution in [0.5, 0.6) is 0 Å². The SMILES string of the molecule is CCOC(=O)c1c[nH]c2ccc(C=CCCO)cc2c1=O. The molecule has 0 aliphatic carbocycles. The zero-order chi connectivity index (χ0) is 15.2. The number of esters is 1. The Morgan fingerprint density at radius 2 is 2.24 bits per heavy atom. The maximum absolute atomic E-state index is 12.3. The van der Waals surface area contributed by atoms with E-state index in [1.54, 1.807) is 19.1 Å². The Morgan fingerprint density at radius 3 is 2.95 bits per heavy atom. The maximum Gasteiger partial charge on any atom is 0.343 e. The summed E-state index contributed by atoms with van der Waals surface area (Å²) in [6.07, 6.45) is 5.58. The first-order valence-corrected chi connectivity index (χ1v) is 6.77. The van der Waals surface area contributed by atoms with Gasteiger partial charge < -0.3 is 14.8 Å². The predicted molar refractivity (Wildman–Crippen MR) is 81.3 cm³/mol. The number of nitrogens with one attached hydrogen (secondary N) is 1. The normalized spacial score (nSPS) is 11.1. The van der Waals surface area contributed by atoms with Crippen LogP contribution in [0.2, 0.25) is 0 Å². The molecular formula is C16H17NO4. The van der Waals surface area contributed by atoms with Crippen molar-refractivity contribution >= 4 is 22.9 Å². The van der Waals surface area contributed by atoms with E-state index in [0.29, 0.717) is 17.3 Å². The Labute approximate surface area is 121 Å². The van der Waals surface area contributed by atoms with Crippen LogP contribution in [0.1, 0.15) is 29.3 Å². The predicted octanol–water partition coefficient (Wildman–Crippen LogP) is 2.10. The summed E-state index contributed by atoms with van der Waals surface area (Å²) in [4.78, 5) is 27.0. The molecule has 1 heterocycles. The van der Waals surface area contributed by atoms with E-state index in [0.717, 1.165) is 5.56 Å². The van der Waals surface area contributed by atoms with Crippen LogP contribution in [0.15, 0.2) is 35.3 Å². The van der Waals surface area contributed by atoms with E-state index >= 15 is 0 Å². The highest BCUT2D eigenvalue weighted by Crippen LogP contribution is 2.13. The smallest absolute Gasteiger partial charge is 0.343 e. The molecule has 5 heteroatoms. The lowest BCUT2D eigenvalue weighted by Gasteiger charge is -2.04. The highest BCUT2D eigenvalue weighted by atomic mass is 16.5. The van der Waals surface area contributed by atoms with Crippen LogP contribution in [0.4, 0.5) is 0 Å². The molecule has 1 aromatic carbocycles. The van der Waals surface area contributed by atoms with E-state index in [1.807, 2.05) is 18.2 Å². The van der Waals surface area contributed by atoms with E-state index in [2.05, 4.69) is 4.98 Å². The summed E-state index contributed by atoms with van der Waals surface area (Å²) >= 11 is 0. The fourth-order valence-electron chi connectivity index (χ4n) is 1.99. The molecule has 0 aliphatic rings. The van der Waals surface area contributed by atoms with Gasteiger partial charge in [0.15, 0.2) is 0 Å². The molecule has 0 bridgehead atoms. The molecule has 0 unspecified atom stereocenters. The molecule has 2 rings (SSSR count). The molecule has 0 spiro atoms. The average molecular weight is 287 g/mol. The number of aromatic nitrogens is 1. The number of aromatic amines is 1. The second kappa shape index (κ2) is 6.85. The summed E-state index contributed by atoms with van der Waals surface area (Å²) in [5.74, 6) is -0.623. The second-order valence-corrected chi connectivity index (χ2v) is 4.47. The molecule has 1 aromatic heterocycles. The molecule has 5 nitrogen and oxygen atoms in total. The molecule has 2 N–H and O–H groups in total.